The van der Waals surface area contributed by atoms with Crippen molar-refractivity contribution in [3.8, 4) is 0 Å². The van der Waals surface area contributed by atoms with Gasteiger partial charge >= 0.3 is 0 Å². The fourth-order valence-corrected chi connectivity index (χ4v) is 3.22. The Hall–Kier alpha value is -1.36. The smallest absolute Gasteiger partial charge is 0.224 e. The molecule has 3 nitrogen and oxygen atoms in total. The van der Waals surface area contributed by atoms with Crippen molar-refractivity contribution in [2.75, 3.05) is 13.7 Å². The summed E-state index contributed by atoms with van der Waals surface area (Å²) in [4.78, 5) is 13.0. The molecule has 1 aromatic heterocycles. The van der Waals surface area contributed by atoms with Gasteiger partial charge in [-0.3, -0.25) is 4.79 Å². The quantitative estimate of drug-likeness (QED) is 0.879. The molecule has 1 amide bonds. The fraction of sp³-hybridized carbons (Fsp3) is 0.312. The highest BCUT2D eigenvalue weighted by atomic mass is 35.5. The summed E-state index contributed by atoms with van der Waals surface area (Å²) < 4.78 is 6.13. The Bertz CT molecular complexity index is 612. The van der Waals surface area contributed by atoms with E-state index in [2.05, 4.69) is 5.32 Å². The van der Waals surface area contributed by atoms with Crippen LogP contribution in [0.4, 0.5) is 0 Å². The molecule has 1 atom stereocenters. The molecule has 5 heteroatoms. The first-order valence-corrected chi connectivity index (χ1v) is 7.88. The lowest BCUT2D eigenvalue weighted by Crippen LogP contribution is -2.30. The Morgan fingerprint density at radius 2 is 2.19 bits per heavy atom. The first-order valence-electron chi connectivity index (χ1n) is 6.68. The minimum atomic E-state index is -0.163. The number of rotatable bonds is 6. The number of ether oxygens (including phenoxy) is 1. The van der Waals surface area contributed by atoms with E-state index in [4.69, 9.17) is 16.3 Å². The molecule has 1 unspecified atom stereocenters. The second kappa shape index (κ2) is 7.59. The predicted octanol–water partition coefficient (Wildman–Crippen LogP) is 3.76. The first-order chi connectivity index (χ1) is 10.1. The highest BCUT2D eigenvalue weighted by molar-refractivity contribution is 7.16. The third-order valence-corrected chi connectivity index (χ3v) is 4.45. The molecule has 0 radical (unpaired) electrons. The van der Waals surface area contributed by atoms with Crippen LogP contribution in [0.2, 0.25) is 4.34 Å². The monoisotopic (exact) mass is 323 g/mol. The number of aryl methyl sites for hydroxylation is 1. The molecule has 1 aromatic carbocycles. The molecule has 0 saturated carbocycles. The van der Waals surface area contributed by atoms with E-state index in [0.29, 0.717) is 13.0 Å². The molecular formula is C16H18ClNO2S. The highest BCUT2D eigenvalue weighted by Gasteiger charge is 2.14. The summed E-state index contributed by atoms with van der Waals surface area (Å²) >= 11 is 7.39. The van der Waals surface area contributed by atoms with E-state index in [1.54, 1.807) is 7.11 Å². The van der Waals surface area contributed by atoms with Crippen LogP contribution in [0.5, 0.6) is 0 Å². The molecule has 0 aliphatic carbocycles. The summed E-state index contributed by atoms with van der Waals surface area (Å²) in [6.07, 6.45) is 0.215. The predicted molar refractivity (Wildman–Crippen MR) is 87.0 cm³/mol. The van der Waals surface area contributed by atoms with Crippen LogP contribution in [0.3, 0.4) is 0 Å². The summed E-state index contributed by atoms with van der Waals surface area (Å²) in [5.41, 5.74) is 2.17. The summed E-state index contributed by atoms with van der Waals surface area (Å²) in [7, 11) is 1.63. The van der Waals surface area contributed by atoms with Crippen LogP contribution in [0.1, 0.15) is 22.1 Å². The van der Waals surface area contributed by atoms with Crippen LogP contribution in [0, 0.1) is 6.92 Å². The Labute approximate surface area is 133 Å². The van der Waals surface area contributed by atoms with Crippen molar-refractivity contribution in [1.82, 2.24) is 5.32 Å². The van der Waals surface area contributed by atoms with Crippen LogP contribution in [0.15, 0.2) is 36.4 Å². The number of nitrogens with one attached hydrogen (secondary N) is 1. The maximum Gasteiger partial charge on any atom is 0.224 e. The van der Waals surface area contributed by atoms with Crippen LogP contribution in [-0.4, -0.2) is 19.6 Å². The van der Waals surface area contributed by atoms with Crippen molar-refractivity contribution < 1.29 is 9.53 Å². The third-order valence-electron chi connectivity index (χ3n) is 3.13. The Kier molecular flexibility index (Phi) is 5.79. The number of carbonyl (C=O) groups excluding carboxylic acids is 1. The van der Waals surface area contributed by atoms with E-state index in [0.717, 1.165) is 20.3 Å². The summed E-state index contributed by atoms with van der Waals surface area (Å²) in [5, 5.41) is 2.91. The third kappa shape index (κ3) is 4.84. The molecule has 0 saturated heterocycles. The maximum absolute atomic E-state index is 12.0. The van der Waals surface area contributed by atoms with E-state index in [9.17, 15) is 4.79 Å². The lowest BCUT2D eigenvalue weighted by atomic mass is 10.1. The van der Waals surface area contributed by atoms with Crippen molar-refractivity contribution in [2.24, 2.45) is 0 Å². The number of methoxy groups -OCH3 is 1. The zero-order valence-corrected chi connectivity index (χ0v) is 13.6. The number of halogens is 1. The number of hydrogen-bond donors (Lipinski definition) is 1. The van der Waals surface area contributed by atoms with Crippen LogP contribution in [-0.2, 0) is 16.0 Å². The van der Waals surface area contributed by atoms with Gasteiger partial charge < -0.3 is 10.1 Å². The van der Waals surface area contributed by atoms with Gasteiger partial charge in [-0.15, -0.1) is 11.3 Å². The molecule has 2 aromatic rings. The van der Waals surface area contributed by atoms with E-state index < -0.39 is 0 Å². The van der Waals surface area contributed by atoms with Crippen molar-refractivity contribution in [2.45, 2.75) is 19.4 Å². The fourth-order valence-electron chi connectivity index (χ4n) is 2.08. The topological polar surface area (TPSA) is 38.3 Å². The summed E-state index contributed by atoms with van der Waals surface area (Å²) in [6.45, 7) is 2.46. The van der Waals surface area contributed by atoms with Gasteiger partial charge in [-0.1, -0.05) is 41.4 Å². The number of carbonyl (C=O) groups is 1. The zero-order valence-electron chi connectivity index (χ0n) is 12.1. The zero-order chi connectivity index (χ0) is 15.2. The normalized spacial score (nSPS) is 12.1. The Morgan fingerprint density at radius 3 is 2.81 bits per heavy atom. The molecule has 21 heavy (non-hydrogen) atoms. The van der Waals surface area contributed by atoms with Gasteiger partial charge in [-0.25, -0.2) is 0 Å². The lowest BCUT2D eigenvalue weighted by Gasteiger charge is -2.14. The molecular weight excluding hydrogens is 306 g/mol. The lowest BCUT2D eigenvalue weighted by molar-refractivity contribution is -0.121. The first kappa shape index (κ1) is 16.0. The maximum atomic E-state index is 12.0. The van der Waals surface area contributed by atoms with E-state index in [1.165, 1.54) is 11.3 Å². The van der Waals surface area contributed by atoms with E-state index in [-0.39, 0.29) is 12.0 Å². The molecule has 2 rings (SSSR count). The molecule has 1 heterocycles. The largest absolute Gasteiger partial charge is 0.374 e. The van der Waals surface area contributed by atoms with Gasteiger partial charge in [-0.05, 0) is 24.6 Å². The van der Waals surface area contributed by atoms with Crippen molar-refractivity contribution in [1.29, 1.82) is 0 Å². The van der Waals surface area contributed by atoms with Gasteiger partial charge in [0.1, 0.15) is 6.10 Å². The van der Waals surface area contributed by atoms with Gasteiger partial charge in [0.2, 0.25) is 5.91 Å². The van der Waals surface area contributed by atoms with Crippen LogP contribution in [0.25, 0.3) is 0 Å². The van der Waals surface area contributed by atoms with Gasteiger partial charge in [-0.2, -0.15) is 0 Å². The highest BCUT2D eigenvalue weighted by Crippen LogP contribution is 2.28. The second-order valence-corrected chi connectivity index (χ2v) is 6.58. The van der Waals surface area contributed by atoms with Gasteiger partial charge in [0.05, 0.1) is 10.8 Å². The summed E-state index contributed by atoms with van der Waals surface area (Å²) in [6, 6.07) is 11.7. The number of hydrogen-bond acceptors (Lipinski definition) is 3. The van der Waals surface area contributed by atoms with Crippen LogP contribution < -0.4 is 5.32 Å². The SMILES string of the molecule is COC(CNC(=O)Cc1cccc(C)c1)c1ccc(Cl)s1. The number of benzene rings is 1. The average Bonchev–Trinajstić information content (AvgIpc) is 2.86. The van der Waals surface area contributed by atoms with Crippen LogP contribution >= 0.6 is 22.9 Å². The standard InChI is InChI=1S/C16H18ClNO2S/c1-11-4-3-5-12(8-11)9-16(19)18-10-13(20-2)14-6-7-15(17)21-14/h3-8,13H,9-10H2,1-2H3,(H,18,19). The van der Waals surface area contributed by atoms with Gasteiger partial charge in [0.15, 0.2) is 0 Å². The van der Waals surface area contributed by atoms with Gasteiger partial charge in [0, 0.05) is 18.5 Å². The molecule has 1 N–H and O–H groups in total. The summed E-state index contributed by atoms with van der Waals surface area (Å²) in [5.74, 6) is -0.00898. The Balaban J connectivity index is 1.88. The van der Waals surface area contributed by atoms with Gasteiger partial charge in [0.25, 0.3) is 0 Å². The average molecular weight is 324 g/mol. The minimum absolute atomic E-state index is 0.00898. The number of thiophene rings is 1. The van der Waals surface area contributed by atoms with E-state index >= 15 is 0 Å². The molecule has 112 valence electrons. The molecule has 0 aliphatic heterocycles. The molecule has 0 spiro atoms. The van der Waals surface area contributed by atoms with E-state index in [1.807, 2.05) is 43.3 Å². The molecule has 0 bridgehead atoms. The van der Waals surface area contributed by atoms with Crippen molar-refractivity contribution in [3.05, 3.63) is 56.7 Å². The molecule has 0 aliphatic rings. The second-order valence-electron chi connectivity index (χ2n) is 4.84. The Morgan fingerprint density at radius 1 is 1.38 bits per heavy atom. The minimum Gasteiger partial charge on any atom is -0.374 e. The molecule has 0 fully saturated rings. The van der Waals surface area contributed by atoms with Crippen molar-refractivity contribution in [3.63, 3.8) is 0 Å². The number of amides is 1. The van der Waals surface area contributed by atoms with Crippen molar-refractivity contribution >= 4 is 28.8 Å².